The quantitative estimate of drug-likeness (QED) is 0.404. The van der Waals surface area contributed by atoms with Crippen molar-refractivity contribution in [3.63, 3.8) is 0 Å². The Morgan fingerprint density at radius 1 is 1.17 bits per heavy atom. The van der Waals surface area contributed by atoms with Gasteiger partial charge in [0, 0.05) is 41.8 Å². The molecule has 3 atom stereocenters. The van der Waals surface area contributed by atoms with Crippen LogP contribution in [0, 0.1) is 11.6 Å². The molecule has 3 aromatic carbocycles. The SMILES string of the molecule is COCCOc1ccc(C(N)=O)c(-c2c(Cl)c(F)cc3c2[C@H](C)[C@](c2ccccc2)(C(C)N)O3)c1F. The van der Waals surface area contributed by atoms with Crippen molar-refractivity contribution in [2.24, 2.45) is 11.5 Å². The second kappa shape index (κ2) is 10.0. The molecule has 0 saturated heterocycles. The van der Waals surface area contributed by atoms with Crippen molar-refractivity contribution < 1.29 is 27.8 Å². The van der Waals surface area contributed by atoms with Crippen LogP contribution in [0.4, 0.5) is 8.78 Å². The van der Waals surface area contributed by atoms with Crippen LogP contribution >= 0.6 is 11.6 Å². The molecule has 36 heavy (non-hydrogen) atoms. The van der Waals surface area contributed by atoms with Crippen molar-refractivity contribution in [2.75, 3.05) is 20.3 Å². The first-order chi connectivity index (χ1) is 17.1. The number of ether oxygens (including phenoxy) is 3. The van der Waals surface area contributed by atoms with Crippen LogP contribution in [0.2, 0.25) is 5.02 Å². The van der Waals surface area contributed by atoms with Crippen molar-refractivity contribution in [1.29, 1.82) is 0 Å². The molecule has 0 fully saturated rings. The normalized spacial score (nSPS) is 19.5. The van der Waals surface area contributed by atoms with E-state index in [0.29, 0.717) is 5.56 Å². The minimum Gasteiger partial charge on any atom is -0.488 e. The van der Waals surface area contributed by atoms with Gasteiger partial charge in [-0.15, -0.1) is 0 Å². The minimum absolute atomic E-state index is 0.0267. The first kappa shape index (κ1) is 25.9. The Labute approximate surface area is 213 Å². The summed E-state index contributed by atoms with van der Waals surface area (Å²) in [5, 5.41) is -0.367. The molecule has 0 aromatic heterocycles. The molecule has 1 aliphatic rings. The molecule has 0 spiro atoms. The zero-order chi connectivity index (χ0) is 26.2. The maximum absolute atomic E-state index is 16.0. The summed E-state index contributed by atoms with van der Waals surface area (Å²) >= 11 is 6.48. The molecular weight excluding hydrogens is 490 g/mol. The number of hydrogen-bond acceptors (Lipinski definition) is 5. The summed E-state index contributed by atoms with van der Waals surface area (Å²) in [6, 6.07) is 12.5. The number of carbonyl (C=O) groups is 1. The Morgan fingerprint density at radius 3 is 2.47 bits per heavy atom. The number of carbonyl (C=O) groups excluding carboxylic acids is 1. The van der Waals surface area contributed by atoms with Gasteiger partial charge in [-0.1, -0.05) is 48.9 Å². The second-order valence-electron chi connectivity index (χ2n) is 8.74. The van der Waals surface area contributed by atoms with Gasteiger partial charge in [-0.25, -0.2) is 8.78 Å². The zero-order valence-electron chi connectivity index (χ0n) is 20.1. The Morgan fingerprint density at radius 2 is 1.86 bits per heavy atom. The number of halogens is 3. The van der Waals surface area contributed by atoms with E-state index in [9.17, 15) is 4.79 Å². The van der Waals surface area contributed by atoms with Gasteiger partial charge in [0.15, 0.2) is 17.2 Å². The van der Waals surface area contributed by atoms with Gasteiger partial charge in [0.25, 0.3) is 0 Å². The molecule has 0 radical (unpaired) electrons. The molecule has 3 aromatic rings. The van der Waals surface area contributed by atoms with Gasteiger partial charge in [0.2, 0.25) is 5.91 Å². The lowest BCUT2D eigenvalue weighted by Crippen LogP contribution is -2.49. The van der Waals surface area contributed by atoms with E-state index >= 15 is 8.78 Å². The number of primary amides is 1. The Hall–Kier alpha value is -3.20. The van der Waals surface area contributed by atoms with E-state index in [1.54, 1.807) is 6.92 Å². The minimum atomic E-state index is -1.11. The molecule has 9 heteroatoms. The van der Waals surface area contributed by atoms with Crippen molar-refractivity contribution in [2.45, 2.75) is 31.4 Å². The van der Waals surface area contributed by atoms with Gasteiger partial charge in [-0.2, -0.15) is 0 Å². The number of rotatable bonds is 8. The Bertz CT molecular complexity index is 1300. The van der Waals surface area contributed by atoms with Crippen LogP contribution in [0.3, 0.4) is 0 Å². The summed E-state index contributed by atoms with van der Waals surface area (Å²) < 4.78 is 48.0. The zero-order valence-corrected chi connectivity index (χ0v) is 20.9. The summed E-state index contributed by atoms with van der Waals surface area (Å²) in [6.07, 6.45) is 0. The third-order valence-electron chi connectivity index (χ3n) is 6.65. The summed E-state index contributed by atoms with van der Waals surface area (Å²) in [7, 11) is 1.48. The highest BCUT2D eigenvalue weighted by Gasteiger charge is 2.52. The highest BCUT2D eigenvalue weighted by Crippen LogP contribution is 2.57. The largest absolute Gasteiger partial charge is 0.488 e. The molecule has 1 heterocycles. The fourth-order valence-electron chi connectivity index (χ4n) is 4.97. The van der Waals surface area contributed by atoms with Crippen LogP contribution in [0.1, 0.15) is 41.3 Å². The Balaban J connectivity index is 2.01. The van der Waals surface area contributed by atoms with Gasteiger partial charge in [-0.3, -0.25) is 4.79 Å². The van der Waals surface area contributed by atoms with Gasteiger partial charge < -0.3 is 25.7 Å². The van der Waals surface area contributed by atoms with E-state index in [1.807, 2.05) is 37.3 Å². The number of fused-ring (bicyclic) bond motifs is 1. The van der Waals surface area contributed by atoms with Gasteiger partial charge >= 0.3 is 0 Å². The smallest absolute Gasteiger partial charge is 0.249 e. The molecule has 1 amide bonds. The van der Waals surface area contributed by atoms with Crippen molar-refractivity contribution in [3.05, 3.63) is 81.9 Å². The molecule has 0 bridgehead atoms. The van der Waals surface area contributed by atoms with Crippen molar-refractivity contribution in [1.82, 2.24) is 0 Å². The Kier molecular flexibility index (Phi) is 7.22. The maximum Gasteiger partial charge on any atom is 0.249 e. The van der Waals surface area contributed by atoms with E-state index in [4.69, 9.17) is 37.3 Å². The van der Waals surface area contributed by atoms with E-state index < -0.39 is 35.1 Å². The van der Waals surface area contributed by atoms with E-state index in [2.05, 4.69) is 0 Å². The molecular formula is C27H27ClF2N2O4. The fourth-order valence-corrected chi connectivity index (χ4v) is 5.22. The molecule has 1 aliphatic heterocycles. The van der Waals surface area contributed by atoms with Crippen LogP contribution in [0.5, 0.6) is 11.5 Å². The lowest BCUT2D eigenvalue weighted by Gasteiger charge is -2.37. The van der Waals surface area contributed by atoms with Crippen LogP contribution in [0.25, 0.3) is 11.1 Å². The molecule has 1 unspecified atom stereocenters. The fraction of sp³-hybridized carbons (Fsp3) is 0.296. The molecule has 4 rings (SSSR count). The standard InChI is InChI=1S/C27H27ClF2N2O4/c1-14-21-20(36-27(14,15(2)31)16-7-5-4-6-8-16)13-18(29)24(28)23(21)22-17(26(32)33)9-10-19(25(22)30)35-12-11-34-3/h4-10,13-15H,11-12,31H2,1-3H3,(H2,32,33)/t14-,15?,27+/m0/s1. The first-order valence-electron chi connectivity index (χ1n) is 11.4. The summed E-state index contributed by atoms with van der Waals surface area (Å²) in [4.78, 5) is 12.4. The topological polar surface area (TPSA) is 96.8 Å². The summed E-state index contributed by atoms with van der Waals surface area (Å²) in [6.45, 7) is 3.90. The predicted molar refractivity (Wildman–Crippen MR) is 134 cm³/mol. The van der Waals surface area contributed by atoms with Crippen LogP contribution in [-0.2, 0) is 10.3 Å². The molecule has 0 aliphatic carbocycles. The van der Waals surface area contributed by atoms with Crippen molar-refractivity contribution >= 4 is 17.5 Å². The highest BCUT2D eigenvalue weighted by atomic mass is 35.5. The third kappa shape index (κ3) is 4.09. The highest BCUT2D eigenvalue weighted by molar-refractivity contribution is 6.34. The number of hydrogen-bond donors (Lipinski definition) is 2. The van der Waals surface area contributed by atoms with Crippen LogP contribution < -0.4 is 20.9 Å². The monoisotopic (exact) mass is 516 g/mol. The number of amides is 1. The number of benzene rings is 3. The van der Waals surface area contributed by atoms with Crippen LogP contribution in [-0.4, -0.2) is 32.3 Å². The van der Waals surface area contributed by atoms with E-state index in [0.717, 1.165) is 11.6 Å². The third-order valence-corrected chi connectivity index (χ3v) is 7.01. The summed E-state index contributed by atoms with van der Waals surface area (Å²) in [5.41, 5.74) is 11.7. The van der Waals surface area contributed by atoms with Gasteiger partial charge in [-0.05, 0) is 24.6 Å². The molecule has 4 N–H and O–H groups in total. The lowest BCUT2D eigenvalue weighted by molar-refractivity contribution is 0.0470. The van der Waals surface area contributed by atoms with Gasteiger partial charge in [0.1, 0.15) is 18.2 Å². The average molecular weight is 517 g/mol. The van der Waals surface area contributed by atoms with E-state index in [-0.39, 0.29) is 46.4 Å². The predicted octanol–water partition coefficient (Wildman–Crippen LogP) is 5.15. The lowest BCUT2D eigenvalue weighted by atomic mass is 9.74. The van der Waals surface area contributed by atoms with Crippen molar-refractivity contribution in [3.8, 4) is 22.6 Å². The van der Waals surface area contributed by atoms with Gasteiger partial charge in [0.05, 0.1) is 17.2 Å². The van der Waals surface area contributed by atoms with E-state index in [1.165, 1.54) is 19.2 Å². The summed E-state index contributed by atoms with van der Waals surface area (Å²) in [5.74, 6) is -3.17. The molecule has 0 saturated carbocycles. The number of nitrogens with two attached hydrogens (primary N) is 2. The number of methoxy groups -OCH3 is 1. The maximum atomic E-state index is 16.0. The first-order valence-corrected chi connectivity index (χ1v) is 11.8. The molecule has 6 nitrogen and oxygen atoms in total. The van der Waals surface area contributed by atoms with Crippen LogP contribution in [0.15, 0.2) is 48.5 Å². The second-order valence-corrected chi connectivity index (χ2v) is 9.11. The average Bonchev–Trinajstić information content (AvgIpc) is 3.14. The molecule has 190 valence electrons.